The number of furan rings is 1. The molecule has 0 atom stereocenters. The number of hydrogen-bond acceptors (Lipinski definition) is 3. The number of nitrogens with one attached hydrogen (secondary N) is 1. The fraction of sp³-hybridized carbons (Fsp3) is 0.231. The molecule has 1 N–H and O–H groups in total. The van der Waals surface area contributed by atoms with Crippen LogP contribution >= 0.6 is 0 Å². The molecule has 0 aliphatic carbocycles. The normalized spacial score (nSPS) is 12.1. The van der Waals surface area contributed by atoms with Crippen LogP contribution in [0.2, 0.25) is 0 Å². The van der Waals surface area contributed by atoms with Crippen molar-refractivity contribution in [3.8, 4) is 11.1 Å². The molecule has 0 aliphatic rings. The van der Waals surface area contributed by atoms with E-state index in [1.54, 1.807) is 13.8 Å². The largest absolute Gasteiger partial charge is 0.451 e. The van der Waals surface area contributed by atoms with Crippen LogP contribution in [0, 0.1) is 11.6 Å². The first-order valence-corrected chi connectivity index (χ1v) is 7.35. The maximum absolute atomic E-state index is 13.8. The van der Waals surface area contributed by atoms with Gasteiger partial charge in [0, 0.05) is 17.2 Å². The highest BCUT2D eigenvalue weighted by atomic mass is 32.2. The van der Waals surface area contributed by atoms with Gasteiger partial charge in [-0.1, -0.05) is 12.1 Å². The molecule has 7 heteroatoms. The summed E-state index contributed by atoms with van der Waals surface area (Å²) in [6, 6.07) is 4.48. The van der Waals surface area contributed by atoms with Gasteiger partial charge in [-0.3, -0.25) is 0 Å². The first-order chi connectivity index (χ1) is 9.33. The Morgan fingerprint density at radius 3 is 2.50 bits per heavy atom. The summed E-state index contributed by atoms with van der Waals surface area (Å²) in [5.74, 6) is -2.17. The summed E-state index contributed by atoms with van der Waals surface area (Å²) in [6.45, 7) is 3.28. The Balaban J connectivity index is 2.57. The first kappa shape index (κ1) is 14.7. The van der Waals surface area contributed by atoms with Gasteiger partial charge in [0.25, 0.3) is 10.0 Å². The monoisotopic (exact) mass is 301 g/mol. The molecular formula is C13H13F2NO3S. The Morgan fingerprint density at radius 2 is 1.85 bits per heavy atom. The highest BCUT2D eigenvalue weighted by molar-refractivity contribution is 7.89. The minimum absolute atomic E-state index is 0.0184. The molecule has 1 aromatic heterocycles. The highest BCUT2D eigenvalue weighted by Crippen LogP contribution is 2.31. The molecule has 20 heavy (non-hydrogen) atoms. The summed E-state index contributed by atoms with van der Waals surface area (Å²) in [5, 5.41) is -0.435. The van der Waals surface area contributed by atoms with Crippen molar-refractivity contribution in [3.63, 3.8) is 0 Å². The quantitative estimate of drug-likeness (QED) is 0.944. The summed E-state index contributed by atoms with van der Waals surface area (Å²) in [7, 11) is -3.93. The molecule has 0 saturated carbocycles. The molecule has 4 nitrogen and oxygen atoms in total. The molecule has 0 aliphatic heterocycles. The lowest BCUT2D eigenvalue weighted by Crippen LogP contribution is -2.30. The van der Waals surface area contributed by atoms with E-state index in [2.05, 4.69) is 4.72 Å². The van der Waals surface area contributed by atoms with Crippen LogP contribution in [0.1, 0.15) is 13.8 Å². The topological polar surface area (TPSA) is 59.3 Å². The van der Waals surface area contributed by atoms with Crippen LogP contribution in [0.4, 0.5) is 8.78 Å². The maximum atomic E-state index is 13.8. The van der Waals surface area contributed by atoms with E-state index in [0.717, 1.165) is 12.3 Å². The van der Waals surface area contributed by atoms with Gasteiger partial charge in [0.15, 0.2) is 11.6 Å². The summed E-state index contributed by atoms with van der Waals surface area (Å²) < 4.78 is 58.4. The van der Waals surface area contributed by atoms with Gasteiger partial charge in [-0.25, -0.2) is 21.9 Å². The zero-order valence-corrected chi connectivity index (χ0v) is 11.7. The van der Waals surface area contributed by atoms with Gasteiger partial charge in [-0.05, 0) is 26.0 Å². The van der Waals surface area contributed by atoms with Crippen LogP contribution in [-0.2, 0) is 10.0 Å². The van der Waals surface area contributed by atoms with E-state index in [-0.39, 0.29) is 17.2 Å². The zero-order valence-electron chi connectivity index (χ0n) is 10.9. The fourth-order valence-electron chi connectivity index (χ4n) is 1.78. The van der Waals surface area contributed by atoms with Crippen LogP contribution in [0.5, 0.6) is 0 Å². The van der Waals surface area contributed by atoms with Crippen molar-refractivity contribution in [1.82, 2.24) is 4.72 Å². The van der Waals surface area contributed by atoms with E-state index in [4.69, 9.17) is 4.42 Å². The molecule has 0 fully saturated rings. The van der Waals surface area contributed by atoms with Gasteiger partial charge >= 0.3 is 0 Å². The molecule has 2 rings (SSSR count). The lowest BCUT2D eigenvalue weighted by molar-refractivity contribution is 0.444. The van der Waals surface area contributed by atoms with E-state index in [0.29, 0.717) is 0 Å². The Kier molecular flexibility index (Phi) is 3.92. The lowest BCUT2D eigenvalue weighted by atomic mass is 10.1. The fourth-order valence-corrected chi connectivity index (χ4v) is 3.16. The summed E-state index contributed by atoms with van der Waals surface area (Å²) in [4.78, 5) is 0. The van der Waals surface area contributed by atoms with Gasteiger partial charge < -0.3 is 4.42 Å². The smallest absolute Gasteiger partial charge is 0.274 e. The Hall–Kier alpha value is -1.73. The molecule has 0 radical (unpaired) electrons. The standard InChI is InChI=1S/C13H13F2NO3S/c1-8(2)16-20(17,18)13-10(6-7-19-13)9-4-3-5-11(14)12(9)15/h3-8,16H,1-2H3. The molecule has 2 aromatic rings. The van der Waals surface area contributed by atoms with E-state index >= 15 is 0 Å². The van der Waals surface area contributed by atoms with Crippen LogP contribution in [0.3, 0.4) is 0 Å². The van der Waals surface area contributed by atoms with Crippen molar-refractivity contribution >= 4 is 10.0 Å². The Labute approximate surface area is 115 Å². The second kappa shape index (κ2) is 5.34. The van der Waals surface area contributed by atoms with Crippen LogP contribution in [-0.4, -0.2) is 14.5 Å². The Bertz CT molecular complexity index is 723. The molecule has 0 amide bonds. The summed E-state index contributed by atoms with van der Waals surface area (Å²) >= 11 is 0. The molecule has 0 unspecified atom stereocenters. The zero-order chi connectivity index (χ0) is 14.9. The number of rotatable bonds is 4. The van der Waals surface area contributed by atoms with E-state index in [1.165, 1.54) is 18.2 Å². The average molecular weight is 301 g/mol. The van der Waals surface area contributed by atoms with E-state index in [1.807, 2.05) is 0 Å². The highest BCUT2D eigenvalue weighted by Gasteiger charge is 2.26. The molecule has 0 saturated heterocycles. The number of benzene rings is 1. The minimum atomic E-state index is -3.93. The van der Waals surface area contributed by atoms with Crippen molar-refractivity contribution in [2.24, 2.45) is 0 Å². The van der Waals surface area contributed by atoms with Crippen LogP contribution < -0.4 is 4.72 Å². The van der Waals surface area contributed by atoms with Gasteiger partial charge in [-0.2, -0.15) is 0 Å². The van der Waals surface area contributed by atoms with E-state index < -0.39 is 26.8 Å². The minimum Gasteiger partial charge on any atom is -0.451 e. The third kappa shape index (κ3) is 2.73. The van der Waals surface area contributed by atoms with Crippen LogP contribution in [0.25, 0.3) is 11.1 Å². The third-order valence-electron chi connectivity index (χ3n) is 2.51. The van der Waals surface area contributed by atoms with Crippen molar-refractivity contribution in [1.29, 1.82) is 0 Å². The van der Waals surface area contributed by atoms with Crippen molar-refractivity contribution in [2.45, 2.75) is 25.0 Å². The summed E-state index contributed by atoms with van der Waals surface area (Å²) in [6.07, 6.45) is 1.12. The average Bonchev–Trinajstić information content (AvgIpc) is 2.80. The molecule has 0 spiro atoms. The molecule has 1 heterocycles. The first-order valence-electron chi connectivity index (χ1n) is 5.87. The molecule has 1 aromatic carbocycles. The number of sulfonamides is 1. The van der Waals surface area contributed by atoms with Gasteiger partial charge in [-0.15, -0.1) is 0 Å². The molecule has 108 valence electrons. The van der Waals surface area contributed by atoms with Crippen LogP contribution in [0.15, 0.2) is 40.0 Å². The van der Waals surface area contributed by atoms with Crippen molar-refractivity contribution in [2.75, 3.05) is 0 Å². The van der Waals surface area contributed by atoms with Gasteiger partial charge in [0.1, 0.15) is 0 Å². The second-order valence-electron chi connectivity index (χ2n) is 4.50. The second-order valence-corrected chi connectivity index (χ2v) is 6.11. The number of hydrogen-bond donors (Lipinski definition) is 1. The summed E-state index contributed by atoms with van der Waals surface area (Å²) in [5.41, 5.74) is -0.182. The lowest BCUT2D eigenvalue weighted by Gasteiger charge is -2.09. The predicted molar refractivity (Wildman–Crippen MR) is 69.5 cm³/mol. The third-order valence-corrected chi connectivity index (χ3v) is 4.09. The molecule has 0 bridgehead atoms. The SMILES string of the molecule is CC(C)NS(=O)(=O)c1occc1-c1cccc(F)c1F. The maximum Gasteiger partial charge on any atom is 0.274 e. The van der Waals surface area contributed by atoms with E-state index in [9.17, 15) is 17.2 Å². The Morgan fingerprint density at radius 1 is 1.15 bits per heavy atom. The van der Waals surface area contributed by atoms with Gasteiger partial charge in [0.05, 0.1) is 6.26 Å². The predicted octanol–water partition coefficient (Wildman–Crippen LogP) is 2.91. The van der Waals surface area contributed by atoms with Gasteiger partial charge in [0.2, 0.25) is 5.09 Å². The number of halogens is 2. The van der Waals surface area contributed by atoms with Crippen molar-refractivity contribution in [3.05, 3.63) is 42.2 Å². The van der Waals surface area contributed by atoms with Crippen molar-refractivity contribution < 1.29 is 21.6 Å². The molecular weight excluding hydrogens is 288 g/mol.